The smallest absolute Gasteiger partial charge is 0.228 e. The van der Waals surface area contributed by atoms with E-state index >= 15 is 0 Å². The molecule has 3 nitrogen and oxygen atoms in total. The molecule has 3 heteroatoms. The highest BCUT2D eigenvalue weighted by Gasteiger charge is 2.26. The van der Waals surface area contributed by atoms with E-state index in [9.17, 15) is 14.7 Å². The van der Waals surface area contributed by atoms with Gasteiger partial charge in [-0.2, -0.15) is 0 Å². The Kier molecular flexibility index (Phi) is 1.89. The second kappa shape index (κ2) is 3.28. The fourth-order valence-electron chi connectivity index (χ4n) is 2.12. The Morgan fingerprint density at radius 1 is 0.941 bits per heavy atom. The molecule has 0 amide bonds. The molecule has 0 atom stereocenters. The molecule has 3 rings (SSSR count). The number of hydrogen-bond donors (Lipinski definition) is 1. The topological polar surface area (TPSA) is 54.4 Å². The lowest BCUT2D eigenvalue weighted by atomic mass is 9.89. The molecule has 82 valence electrons. The predicted octanol–water partition coefficient (Wildman–Crippen LogP) is 2.66. The van der Waals surface area contributed by atoms with Crippen molar-refractivity contribution < 1.29 is 14.7 Å². The van der Waals surface area contributed by atoms with Crippen molar-refractivity contribution in [1.29, 1.82) is 0 Å². The molecule has 0 fully saturated rings. The van der Waals surface area contributed by atoms with E-state index in [2.05, 4.69) is 0 Å². The standard InChI is InChI=1S/C14H8O3/c15-11-7-12(16)14(17)13-9-4-2-1-3-8(9)5-6-10(11)13/h1-7,16H. The molecule has 17 heavy (non-hydrogen) atoms. The minimum absolute atomic E-state index is 0.299. The summed E-state index contributed by atoms with van der Waals surface area (Å²) in [4.78, 5) is 23.6. The summed E-state index contributed by atoms with van der Waals surface area (Å²) in [5.74, 6) is -1.31. The van der Waals surface area contributed by atoms with Crippen LogP contribution < -0.4 is 0 Å². The van der Waals surface area contributed by atoms with E-state index in [4.69, 9.17) is 0 Å². The van der Waals surface area contributed by atoms with Gasteiger partial charge in [0.25, 0.3) is 0 Å². The molecular weight excluding hydrogens is 216 g/mol. The molecule has 0 spiro atoms. The number of carbonyl (C=O) groups excluding carboxylic acids is 2. The van der Waals surface area contributed by atoms with Crippen LogP contribution in [0.1, 0.15) is 20.7 Å². The zero-order valence-corrected chi connectivity index (χ0v) is 8.81. The maximum atomic E-state index is 11.9. The van der Waals surface area contributed by atoms with Gasteiger partial charge < -0.3 is 5.11 Å². The highest BCUT2D eigenvalue weighted by Crippen LogP contribution is 2.28. The summed E-state index contributed by atoms with van der Waals surface area (Å²) in [5.41, 5.74) is 0.652. The van der Waals surface area contributed by atoms with Gasteiger partial charge >= 0.3 is 0 Å². The van der Waals surface area contributed by atoms with Crippen LogP contribution >= 0.6 is 0 Å². The van der Waals surface area contributed by atoms with Crippen molar-refractivity contribution in [3.63, 3.8) is 0 Å². The summed E-state index contributed by atoms with van der Waals surface area (Å²) in [7, 11) is 0. The van der Waals surface area contributed by atoms with Crippen molar-refractivity contribution in [1.82, 2.24) is 0 Å². The summed E-state index contributed by atoms with van der Waals surface area (Å²) in [6, 6.07) is 10.7. The van der Waals surface area contributed by atoms with Gasteiger partial charge in [-0.25, -0.2) is 0 Å². The van der Waals surface area contributed by atoms with Crippen molar-refractivity contribution in [2.75, 3.05) is 0 Å². The molecule has 0 aromatic heterocycles. The Bertz CT molecular complexity index is 696. The normalized spacial score (nSPS) is 14.7. The first-order chi connectivity index (χ1) is 8.18. The zero-order chi connectivity index (χ0) is 12.0. The van der Waals surface area contributed by atoms with Gasteiger partial charge in [0.15, 0.2) is 11.5 Å². The van der Waals surface area contributed by atoms with Crippen molar-refractivity contribution >= 4 is 22.3 Å². The monoisotopic (exact) mass is 224 g/mol. The molecule has 1 N–H and O–H groups in total. The van der Waals surface area contributed by atoms with Crippen LogP contribution in [-0.2, 0) is 0 Å². The quantitative estimate of drug-likeness (QED) is 0.748. The number of hydrogen-bond acceptors (Lipinski definition) is 3. The number of Topliss-reactive ketones (excluding diaryl/α,β-unsaturated/α-hetero) is 1. The van der Waals surface area contributed by atoms with E-state index in [1.807, 2.05) is 12.1 Å². The lowest BCUT2D eigenvalue weighted by Gasteiger charge is -2.13. The Morgan fingerprint density at radius 2 is 1.71 bits per heavy atom. The number of ketones is 2. The molecule has 1 aliphatic carbocycles. The van der Waals surface area contributed by atoms with E-state index in [1.165, 1.54) is 0 Å². The van der Waals surface area contributed by atoms with Crippen molar-refractivity contribution in [2.24, 2.45) is 0 Å². The minimum Gasteiger partial charge on any atom is -0.504 e. The van der Waals surface area contributed by atoms with Crippen LogP contribution in [0.2, 0.25) is 0 Å². The van der Waals surface area contributed by atoms with Gasteiger partial charge in [0.2, 0.25) is 5.78 Å². The number of rotatable bonds is 0. The van der Waals surface area contributed by atoms with Crippen molar-refractivity contribution in [3.05, 3.63) is 59.4 Å². The Hall–Kier alpha value is -2.42. The Labute approximate surface area is 97.0 Å². The summed E-state index contributed by atoms with van der Waals surface area (Å²) in [6.07, 6.45) is 0.972. The lowest BCUT2D eigenvalue weighted by Crippen LogP contribution is -2.17. The van der Waals surface area contributed by atoms with Crippen LogP contribution in [0, 0.1) is 0 Å². The van der Waals surface area contributed by atoms with Gasteiger partial charge in [-0.05, 0) is 16.8 Å². The first-order valence-electron chi connectivity index (χ1n) is 5.20. The number of benzene rings is 2. The molecule has 0 aliphatic heterocycles. The second-order valence-corrected chi connectivity index (χ2v) is 3.93. The fourth-order valence-corrected chi connectivity index (χ4v) is 2.12. The molecule has 0 radical (unpaired) electrons. The third-order valence-electron chi connectivity index (χ3n) is 2.92. The number of allylic oxidation sites excluding steroid dienone is 2. The van der Waals surface area contributed by atoms with Gasteiger partial charge in [-0.3, -0.25) is 9.59 Å². The summed E-state index contributed by atoms with van der Waals surface area (Å²) in [6.45, 7) is 0. The fraction of sp³-hybridized carbons (Fsp3) is 0. The largest absolute Gasteiger partial charge is 0.504 e. The molecule has 0 saturated heterocycles. The Balaban J connectivity index is 2.46. The lowest BCUT2D eigenvalue weighted by molar-refractivity contribution is 0.0941. The highest BCUT2D eigenvalue weighted by molar-refractivity contribution is 6.28. The molecular formula is C14H8O3. The van der Waals surface area contributed by atoms with E-state index < -0.39 is 11.5 Å². The third-order valence-corrected chi connectivity index (χ3v) is 2.92. The zero-order valence-electron chi connectivity index (χ0n) is 8.81. The van der Waals surface area contributed by atoms with E-state index in [1.54, 1.807) is 24.3 Å². The predicted molar refractivity (Wildman–Crippen MR) is 63.3 cm³/mol. The van der Waals surface area contributed by atoms with Gasteiger partial charge in [0.05, 0.1) is 0 Å². The van der Waals surface area contributed by atoms with Crippen molar-refractivity contribution in [3.8, 4) is 0 Å². The number of aliphatic hydroxyl groups is 1. The molecule has 0 saturated carbocycles. The number of aliphatic hydroxyl groups excluding tert-OH is 1. The SMILES string of the molecule is O=C1C=C(O)C(=O)c2c1ccc1ccccc21. The Morgan fingerprint density at radius 3 is 2.53 bits per heavy atom. The van der Waals surface area contributed by atoms with Crippen molar-refractivity contribution in [2.45, 2.75) is 0 Å². The first-order valence-corrected chi connectivity index (χ1v) is 5.20. The van der Waals surface area contributed by atoms with Crippen LogP contribution in [0.4, 0.5) is 0 Å². The molecule has 0 bridgehead atoms. The average molecular weight is 224 g/mol. The summed E-state index contributed by atoms with van der Waals surface area (Å²) >= 11 is 0. The van der Waals surface area contributed by atoms with E-state index in [0.717, 1.165) is 11.5 Å². The maximum absolute atomic E-state index is 11.9. The van der Waals surface area contributed by atoms with E-state index in [-0.39, 0.29) is 5.78 Å². The summed E-state index contributed by atoms with van der Waals surface area (Å²) < 4.78 is 0. The van der Waals surface area contributed by atoms with Crippen LogP contribution in [0.15, 0.2) is 48.2 Å². The van der Waals surface area contributed by atoms with Crippen LogP contribution in [-0.4, -0.2) is 16.7 Å². The minimum atomic E-state index is -0.489. The average Bonchev–Trinajstić information content (AvgIpc) is 2.35. The number of carbonyl (C=O) groups is 2. The summed E-state index contributed by atoms with van der Waals surface area (Å²) in [5, 5.41) is 11.0. The maximum Gasteiger partial charge on any atom is 0.228 e. The molecule has 0 unspecified atom stereocenters. The third kappa shape index (κ3) is 1.29. The number of fused-ring (bicyclic) bond motifs is 3. The van der Waals surface area contributed by atoms with Crippen LogP contribution in [0.3, 0.4) is 0 Å². The molecule has 2 aromatic carbocycles. The van der Waals surface area contributed by atoms with Crippen LogP contribution in [0.25, 0.3) is 10.8 Å². The molecule has 1 aliphatic rings. The second-order valence-electron chi connectivity index (χ2n) is 3.93. The van der Waals surface area contributed by atoms with Crippen LogP contribution in [0.5, 0.6) is 0 Å². The molecule has 0 heterocycles. The van der Waals surface area contributed by atoms with Gasteiger partial charge in [-0.1, -0.05) is 30.3 Å². The first kappa shape index (κ1) is 9.78. The van der Waals surface area contributed by atoms with E-state index in [0.29, 0.717) is 16.5 Å². The van der Waals surface area contributed by atoms with Gasteiger partial charge in [0, 0.05) is 17.2 Å². The highest BCUT2D eigenvalue weighted by atomic mass is 16.3. The van der Waals surface area contributed by atoms with Gasteiger partial charge in [-0.15, -0.1) is 0 Å². The molecule has 2 aromatic rings. The van der Waals surface area contributed by atoms with Gasteiger partial charge in [0.1, 0.15) is 0 Å².